The van der Waals surface area contributed by atoms with E-state index in [4.69, 9.17) is 14.2 Å². The zero-order chi connectivity index (χ0) is 23.9. The summed E-state index contributed by atoms with van der Waals surface area (Å²) in [5, 5.41) is 10.3. The number of nitrogens with zero attached hydrogens (tertiary/aromatic N) is 2. The van der Waals surface area contributed by atoms with Gasteiger partial charge in [-0.2, -0.15) is 5.10 Å². The topological polar surface area (TPSA) is 104 Å². The molecule has 3 heterocycles. The van der Waals surface area contributed by atoms with Crippen molar-refractivity contribution in [3.05, 3.63) is 50.8 Å². The van der Waals surface area contributed by atoms with Crippen molar-refractivity contribution in [2.75, 3.05) is 26.6 Å². The van der Waals surface area contributed by atoms with Crippen LogP contribution in [0.1, 0.15) is 37.3 Å². The maximum Gasteiger partial charge on any atom is 0.252 e. The summed E-state index contributed by atoms with van der Waals surface area (Å²) in [5.74, 6) is 0.630. The highest BCUT2D eigenvalue weighted by Crippen LogP contribution is 2.42. The number of carbonyl (C=O) groups excluding carboxylic acids is 2. The fourth-order valence-corrected chi connectivity index (χ4v) is 5.25. The zero-order valence-electron chi connectivity index (χ0n) is 19.3. The Kier molecular flexibility index (Phi) is 6.03. The molecule has 0 spiro atoms. The number of amides is 2. The summed E-state index contributed by atoms with van der Waals surface area (Å²) < 4.78 is 17.7. The molecule has 2 atom stereocenters. The lowest BCUT2D eigenvalue weighted by Gasteiger charge is -2.31. The second kappa shape index (κ2) is 8.78. The molecule has 2 amide bonds. The molecule has 3 aromatic rings. The molecule has 33 heavy (non-hydrogen) atoms. The predicted molar refractivity (Wildman–Crippen MR) is 125 cm³/mol. The van der Waals surface area contributed by atoms with Crippen LogP contribution in [-0.2, 0) is 11.8 Å². The lowest BCUT2D eigenvalue weighted by atomic mass is 9.86. The first-order valence-corrected chi connectivity index (χ1v) is 11.1. The van der Waals surface area contributed by atoms with E-state index in [0.29, 0.717) is 23.1 Å². The highest BCUT2D eigenvalue weighted by atomic mass is 32.1. The molecule has 0 fully saturated rings. The Bertz CT molecular complexity index is 1210. The molecule has 10 heteroatoms. The van der Waals surface area contributed by atoms with Crippen LogP contribution in [0.15, 0.2) is 24.3 Å². The van der Waals surface area contributed by atoms with E-state index < -0.39 is 11.9 Å². The fourth-order valence-electron chi connectivity index (χ4n) is 4.22. The normalized spacial score (nSPS) is 17.2. The van der Waals surface area contributed by atoms with Crippen molar-refractivity contribution < 1.29 is 23.8 Å². The highest BCUT2D eigenvalue weighted by molar-refractivity contribution is 7.12. The van der Waals surface area contributed by atoms with Crippen LogP contribution in [-0.4, -0.2) is 49.0 Å². The standard InChI is InChI=1S/C23H26N4O5S/c1-11-7-8-16(33-11)18-17-12(2)26-27(3)21(17)25-23(29)19(18)24-22(28)13-9-14(30-4)20(32-6)15(10-13)31-5/h7-10,18-19H,1-6H3,(H,24,28)(H,25,29)/t18-,19+/m1/s1. The van der Waals surface area contributed by atoms with Gasteiger partial charge in [0, 0.05) is 27.9 Å². The largest absolute Gasteiger partial charge is 0.493 e. The van der Waals surface area contributed by atoms with Gasteiger partial charge in [0.15, 0.2) is 11.5 Å². The number of nitrogens with one attached hydrogen (secondary N) is 2. The average Bonchev–Trinajstić information content (AvgIpc) is 3.35. The molecule has 2 aromatic heterocycles. The van der Waals surface area contributed by atoms with Crippen molar-refractivity contribution in [3.63, 3.8) is 0 Å². The summed E-state index contributed by atoms with van der Waals surface area (Å²) >= 11 is 1.60. The number of hydrogen-bond donors (Lipinski definition) is 2. The zero-order valence-corrected chi connectivity index (χ0v) is 20.1. The van der Waals surface area contributed by atoms with Crippen LogP contribution in [0.4, 0.5) is 5.82 Å². The molecular weight excluding hydrogens is 444 g/mol. The van der Waals surface area contributed by atoms with Crippen LogP contribution in [0.3, 0.4) is 0 Å². The minimum atomic E-state index is -0.829. The number of methoxy groups -OCH3 is 3. The van der Waals surface area contributed by atoms with Gasteiger partial charge in [-0.05, 0) is 38.1 Å². The lowest BCUT2D eigenvalue weighted by molar-refractivity contribution is -0.118. The van der Waals surface area contributed by atoms with Crippen molar-refractivity contribution in [2.45, 2.75) is 25.8 Å². The van der Waals surface area contributed by atoms with E-state index >= 15 is 0 Å². The van der Waals surface area contributed by atoms with Gasteiger partial charge >= 0.3 is 0 Å². The van der Waals surface area contributed by atoms with Gasteiger partial charge in [-0.15, -0.1) is 11.3 Å². The Labute approximate surface area is 195 Å². The second-order valence-electron chi connectivity index (χ2n) is 7.75. The molecule has 174 valence electrons. The Morgan fingerprint density at radius 1 is 1.12 bits per heavy atom. The third kappa shape index (κ3) is 3.91. The summed E-state index contributed by atoms with van der Waals surface area (Å²) in [5.41, 5.74) is 1.98. The van der Waals surface area contributed by atoms with Gasteiger partial charge in [-0.3, -0.25) is 14.3 Å². The maximum atomic E-state index is 13.3. The fraction of sp³-hybridized carbons (Fsp3) is 0.348. The average molecular weight is 471 g/mol. The molecule has 1 aromatic carbocycles. The van der Waals surface area contributed by atoms with Gasteiger partial charge in [0.05, 0.1) is 32.9 Å². The number of aryl methyl sites for hydroxylation is 3. The van der Waals surface area contributed by atoms with E-state index in [-0.39, 0.29) is 17.4 Å². The Balaban J connectivity index is 1.75. The van der Waals surface area contributed by atoms with E-state index in [1.54, 1.807) is 35.2 Å². The predicted octanol–water partition coefficient (Wildman–Crippen LogP) is 3.01. The molecule has 0 unspecified atom stereocenters. The molecule has 0 radical (unpaired) electrons. The number of anilines is 1. The van der Waals surface area contributed by atoms with Crippen LogP contribution in [0, 0.1) is 13.8 Å². The molecular formula is C23H26N4O5S. The molecule has 0 aliphatic carbocycles. The second-order valence-corrected chi connectivity index (χ2v) is 9.07. The van der Waals surface area contributed by atoms with Crippen LogP contribution >= 0.6 is 11.3 Å². The van der Waals surface area contributed by atoms with Crippen LogP contribution in [0.25, 0.3) is 0 Å². The van der Waals surface area contributed by atoms with Gasteiger partial charge in [0.2, 0.25) is 11.7 Å². The molecule has 0 saturated carbocycles. The minimum Gasteiger partial charge on any atom is -0.493 e. The Morgan fingerprint density at radius 2 is 1.79 bits per heavy atom. The van der Waals surface area contributed by atoms with E-state index in [1.165, 1.54) is 21.3 Å². The van der Waals surface area contributed by atoms with E-state index in [1.807, 2.05) is 26.0 Å². The van der Waals surface area contributed by atoms with Crippen LogP contribution in [0.2, 0.25) is 0 Å². The van der Waals surface area contributed by atoms with Gasteiger partial charge in [-0.1, -0.05) is 0 Å². The maximum absolute atomic E-state index is 13.3. The van der Waals surface area contributed by atoms with E-state index in [2.05, 4.69) is 15.7 Å². The molecule has 2 N–H and O–H groups in total. The van der Waals surface area contributed by atoms with Crippen molar-refractivity contribution in [2.24, 2.45) is 7.05 Å². The van der Waals surface area contributed by atoms with Crippen LogP contribution < -0.4 is 24.8 Å². The number of benzene rings is 1. The monoisotopic (exact) mass is 470 g/mol. The third-order valence-corrected chi connectivity index (χ3v) is 6.80. The van der Waals surface area contributed by atoms with Crippen LogP contribution in [0.5, 0.6) is 17.2 Å². The van der Waals surface area contributed by atoms with E-state index in [0.717, 1.165) is 21.0 Å². The van der Waals surface area contributed by atoms with Gasteiger partial charge in [0.25, 0.3) is 5.91 Å². The van der Waals surface area contributed by atoms with Gasteiger partial charge in [0.1, 0.15) is 11.9 Å². The Morgan fingerprint density at radius 3 is 2.33 bits per heavy atom. The van der Waals surface area contributed by atoms with Crippen molar-refractivity contribution in [1.82, 2.24) is 15.1 Å². The number of thiophene rings is 1. The SMILES string of the molecule is COc1cc(C(=O)N[C@@H]2C(=O)Nc3c(c(C)nn3C)[C@H]2c2ccc(C)s2)cc(OC)c1OC. The first kappa shape index (κ1) is 22.7. The smallest absolute Gasteiger partial charge is 0.252 e. The summed E-state index contributed by atoms with van der Waals surface area (Å²) in [6.07, 6.45) is 0. The molecule has 1 aliphatic rings. The lowest BCUT2D eigenvalue weighted by Crippen LogP contribution is -2.50. The summed E-state index contributed by atoms with van der Waals surface area (Å²) in [6, 6.07) is 6.30. The van der Waals surface area contributed by atoms with E-state index in [9.17, 15) is 9.59 Å². The first-order valence-electron chi connectivity index (χ1n) is 10.3. The minimum absolute atomic E-state index is 0.284. The molecule has 0 saturated heterocycles. The first-order chi connectivity index (χ1) is 15.8. The van der Waals surface area contributed by atoms with Crippen molar-refractivity contribution >= 4 is 29.0 Å². The third-order valence-electron chi connectivity index (χ3n) is 5.72. The molecule has 0 bridgehead atoms. The van der Waals surface area contributed by atoms with Gasteiger partial charge in [-0.25, -0.2) is 0 Å². The summed E-state index contributed by atoms with van der Waals surface area (Å²) in [6.45, 7) is 3.92. The number of carbonyl (C=O) groups is 2. The number of ether oxygens (including phenoxy) is 3. The number of aromatic nitrogens is 2. The van der Waals surface area contributed by atoms with Crippen molar-refractivity contribution in [3.8, 4) is 17.2 Å². The summed E-state index contributed by atoms with van der Waals surface area (Å²) in [7, 11) is 6.25. The molecule has 4 rings (SSSR count). The summed E-state index contributed by atoms with van der Waals surface area (Å²) in [4.78, 5) is 28.6. The number of fused-ring (bicyclic) bond motifs is 1. The Hall–Kier alpha value is -3.53. The number of hydrogen-bond acceptors (Lipinski definition) is 7. The number of rotatable bonds is 6. The van der Waals surface area contributed by atoms with Crippen molar-refractivity contribution in [1.29, 1.82) is 0 Å². The molecule has 9 nitrogen and oxygen atoms in total. The molecule has 1 aliphatic heterocycles. The van der Waals surface area contributed by atoms with Gasteiger partial charge < -0.3 is 24.8 Å². The highest BCUT2D eigenvalue weighted by Gasteiger charge is 2.42. The quantitative estimate of drug-likeness (QED) is 0.574.